The second-order valence-corrected chi connectivity index (χ2v) is 4.63. The number of methoxy groups -OCH3 is 1. The predicted molar refractivity (Wildman–Crippen MR) is 78.0 cm³/mol. The lowest BCUT2D eigenvalue weighted by Crippen LogP contribution is -2.08. The van der Waals surface area contributed by atoms with Crippen molar-refractivity contribution in [3.63, 3.8) is 0 Å². The quantitative estimate of drug-likeness (QED) is 0.897. The van der Waals surface area contributed by atoms with Gasteiger partial charge in [-0.15, -0.1) is 12.4 Å². The van der Waals surface area contributed by atoms with Crippen LogP contribution in [-0.2, 0) is 0 Å². The molecule has 0 amide bonds. The average Bonchev–Trinajstić information content (AvgIpc) is 2.91. The van der Waals surface area contributed by atoms with Crippen LogP contribution >= 0.6 is 12.4 Å². The molecule has 1 aliphatic rings. The second kappa shape index (κ2) is 5.59. The normalized spacial score (nSPS) is 18.6. The summed E-state index contributed by atoms with van der Waals surface area (Å²) in [5, 5.41) is 5.96. The third-order valence-electron chi connectivity index (χ3n) is 3.60. The molecule has 2 aromatic carbocycles. The average molecular weight is 264 g/mol. The first-order valence-electron chi connectivity index (χ1n) is 6.16. The van der Waals surface area contributed by atoms with Crippen molar-refractivity contribution < 1.29 is 4.74 Å². The molecular formula is C15H18ClNO. The van der Waals surface area contributed by atoms with Gasteiger partial charge in [0.2, 0.25) is 0 Å². The fourth-order valence-corrected chi connectivity index (χ4v) is 2.65. The van der Waals surface area contributed by atoms with Crippen LogP contribution in [0.2, 0.25) is 0 Å². The molecule has 1 unspecified atom stereocenters. The Hall–Kier alpha value is -1.25. The van der Waals surface area contributed by atoms with Crippen LogP contribution in [0.3, 0.4) is 0 Å². The monoisotopic (exact) mass is 263 g/mol. The topological polar surface area (TPSA) is 21.3 Å². The standard InChI is InChI=1S/C15H17NO.ClH/c1-17-15-9-12-5-3-2-4-11(12)8-14(15)13-6-7-16-10-13;/h2-5,8-9,13,16H,6-7,10H2,1H3;1H. The van der Waals surface area contributed by atoms with Crippen molar-refractivity contribution in [1.82, 2.24) is 5.32 Å². The Morgan fingerprint density at radius 1 is 1.17 bits per heavy atom. The molecule has 1 fully saturated rings. The maximum absolute atomic E-state index is 5.54. The van der Waals surface area contributed by atoms with E-state index in [1.807, 2.05) is 0 Å². The first-order chi connectivity index (χ1) is 8.38. The smallest absolute Gasteiger partial charge is 0.123 e. The SMILES string of the molecule is COc1cc2ccccc2cc1C1CCNC1.Cl. The van der Waals surface area contributed by atoms with Crippen molar-refractivity contribution in [2.75, 3.05) is 20.2 Å². The van der Waals surface area contributed by atoms with Crippen LogP contribution in [0, 0.1) is 0 Å². The zero-order valence-electron chi connectivity index (χ0n) is 10.5. The van der Waals surface area contributed by atoms with E-state index >= 15 is 0 Å². The van der Waals surface area contributed by atoms with Gasteiger partial charge in [-0.1, -0.05) is 24.3 Å². The summed E-state index contributed by atoms with van der Waals surface area (Å²) in [5.41, 5.74) is 1.34. The molecule has 2 aromatic rings. The first kappa shape index (κ1) is 13.2. The number of halogens is 1. The molecule has 0 saturated carbocycles. The van der Waals surface area contributed by atoms with E-state index in [4.69, 9.17) is 4.74 Å². The molecule has 0 spiro atoms. The van der Waals surface area contributed by atoms with Crippen LogP contribution in [0.4, 0.5) is 0 Å². The zero-order valence-corrected chi connectivity index (χ0v) is 11.3. The van der Waals surface area contributed by atoms with Crippen molar-refractivity contribution in [2.45, 2.75) is 12.3 Å². The zero-order chi connectivity index (χ0) is 11.7. The van der Waals surface area contributed by atoms with E-state index in [-0.39, 0.29) is 12.4 Å². The summed E-state index contributed by atoms with van der Waals surface area (Å²) in [6, 6.07) is 12.9. The molecule has 2 nitrogen and oxygen atoms in total. The van der Waals surface area contributed by atoms with Crippen LogP contribution in [0.1, 0.15) is 17.9 Å². The van der Waals surface area contributed by atoms with E-state index in [0.29, 0.717) is 5.92 Å². The van der Waals surface area contributed by atoms with Crippen LogP contribution in [-0.4, -0.2) is 20.2 Å². The highest BCUT2D eigenvalue weighted by Crippen LogP contribution is 2.34. The van der Waals surface area contributed by atoms with Gasteiger partial charge < -0.3 is 10.1 Å². The van der Waals surface area contributed by atoms with Gasteiger partial charge in [0, 0.05) is 12.5 Å². The van der Waals surface area contributed by atoms with E-state index in [1.165, 1.54) is 22.8 Å². The van der Waals surface area contributed by atoms with Crippen molar-refractivity contribution >= 4 is 23.2 Å². The van der Waals surface area contributed by atoms with E-state index < -0.39 is 0 Å². The molecule has 18 heavy (non-hydrogen) atoms. The van der Waals surface area contributed by atoms with Gasteiger partial charge in [0.05, 0.1) is 7.11 Å². The molecule has 0 aromatic heterocycles. The number of fused-ring (bicyclic) bond motifs is 1. The van der Waals surface area contributed by atoms with Crippen molar-refractivity contribution in [2.24, 2.45) is 0 Å². The number of hydrogen-bond acceptors (Lipinski definition) is 2. The summed E-state index contributed by atoms with van der Waals surface area (Å²) >= 11 is 0. The third-order valence-corrected chi connectivity index (χ3v) is 3.60. The maximum Gasteiger partial charge on any atom is 0.123 e. The minimum absolute atomic E-state index is 0. The fraction of sp³-hybridized carbons (Fsp3) is 0.333. The van der Waals surface area contributed by atoms with Gasteiger partial charge >= 0.3 is 0 Å². The van der Waals surface area contributed by atoms with Gasteiger partial charge in [-0.2, -0.15) is 0 Å². The van der Waals surface area contributed by atoms with Crippen LogP contribution in [0.15, 0.2) is 36.4 Å². The van der Waals surface area contributed by atoms with E-state index in [2.05, 4.69) is 41.7 Å². The third kappa shape index (κ3) is 2.31. The lowest BCUT2D eigenvalue weighted by atomic mass is 9.94. The Balaban J connectivity index is 0.00000120. The van der Waals surface area contributed by atoms with E-state index in [0.717, 1.165) is 18.8 Å². The highest BCUT2D eigenvalue weighted by molar-refractivity contribution is 5.85. The molecular weight excluding hydrogens is 246 g/mol. The summed E-state index contributed by atoms with van der Waals surface area (Å²) < 4.78 is 5.54. The Labute approximate surface area is 114 Å². The van der Waals surface area contributed by atoms with E-state index in [9.17, 15) is 0 Å². The molecule has 0 bridgehead atoms. The van der Waals surface area contributed by atoms with Gasteiger partial charge in [0.15, 0.2) is 0 Å². The molecule has 1 saturated heterocycles. The number of rotatable bonds is 2. The van der Waals surface area contributed by atoms with Crippen LogP contribution in [0.25, 0.3) is 10.8 Å². The van der Waals surface area contributed by atoms with Gasteiger partial charge in [-0.3, -0.25) is 0 Å². The predicted octanol–water partition coefficient (Wildman–Crippen LogP) is 3.35. The Kier molecular flexibility index (Phi) is 4.10. The highest BCUT2D eigenvalue weighted by Gasteiger charge is 2.20. The van der Waals surface area contributed by atoms with Crippen molar-refractivity contribution in [3.8, 4) is 5.75 Å². The molecule has 1 heterocycles. The molecule has 3 rings (SSSR count). The number of nitrogens with one attached hydrogen (secondary N) is 1. The molecule has 0 aliphatic carbocycles. The largest absolute Gasteiger partial charge is 0.496 e. The number of benzene rings is 2. The Bertz CT molecular complexity index is 535. The van der Waals surface area contributed by atoms with Crippen LogP contribution in [0.5, 0.6) is 5.75 Å². The van der Waals surface area contributed by atoms with Gasteiger partial charge in [-0.25, -0.2) is 0 Å². The maximum atomic E-state index is 5.54. The summed E-state index contributed by atoms with van der Waals surface area (Å²) in [6.45, 7) is 2.18. The highest BCUT2D eigenvalue weighted by atomic mass is 35.5. The molecule has 0 radical (unpaired) electrons. The van der Waals surface area contributed by atoms with Crippen molar-refractivity contribution in [3.05, 3.63) is 42.0 Å². The summed E-state index contributed by atoms with van der Waals surface area (Å²) in [7, 11) is 1.76. The lowest BCUT2D eigenvalue weighted by Gasteiger charge is -2.15. The lowest BCUT2D eigenvalue weighted by molar-refractivity contribution is 0.407. The number of ether oxygens (including phenoxy) is 1. The molecule has 96 valence electrons. The minimum atomic E-state index is 0. The van der Waals surface area contributed by atoms with Gasteiger partial charge in [0.25, 0.3) is 0 Å². The second-order valence-electron chi connectivity index (χ2n) is 4.63. The molecule has 3 heteroatoms. The summed E-state index contributed by atoms with van der Waals surface area (Å²) in [5.74, 6) is 1.62. The first-order valence-corrected chi connectivity index (χ1v) is 6.16. The van der Waals surface area contributed by atoms with Crippen LogP contribution < -0.4 is 10.1 Å². The Morgan fingerprint density at radius 2 is 1.89 bits per heavy atom. The summed E-state index contributed by atoms with van der Waals surface area (Å²) in [6.07, 6.45) is 1.20. The van der Waals surface area contributed by atoms with Crippen molar-refractivity contribution in [1.29, 1.82) is 0 Å². The molecule has 1 N–H and O–H groups in total. The minimum Gasteiger partial charge on any atom is -0.496 e. The number of hydrogen-bond donors (Lipinski definition) is 1. The van der Waals surface area contributed by atoms with Gasteiger partial charge in [0.1, 0.15) is 5.75 Å². The molecule has 1 atom stereocenters. The Morgan fingerprint density at radius 3 is 2.50 bits per heavy atom. The summed E-state index contributed by atoms with van der Waals surface area (Å²) in [4.78, 5) is 0. The molecule has 1 aliphatic heterocycles. The fourth-order valence-electron chi connectivity index (χ4n) is 2.65. The van der Waals surface area contributed by atoms with Gasteiger partial charge in [-0.05, 0) is 41.4 Å². The van der Waals surface area contributed by atoms with E-state index in [1.54, 1.807) is 7.11 Å².